The van der Waals surface area contributed by atoms with Crippen LogP contribution in [-0.2, 0) is 0 Å². The molecule has 1 atom stereocenters. The van der Waals surface area contributed by atoms with Crippen LogP contribution in [0.25, 0.3) is 0 Å². The van der Waals surface area contributed by atoms with Crippen molar-refractivity contribution in [1.82, 2.24) is 15.1 Å². The quantitative estimate of drug-likeness (QED) is 0.855. The third kappa shape index (κ3) is 3.25. The maximum atomic E-state index is 6.38. The van der Waals surface area contributed by atoms with Gasteiger partial charge in [-0.25, -0.2) is 0 Å². The SMILES string of the molecule is CNC(c1cc(Br)ccc1Cl)c1c(OC)cnn1C(C)C. The van der Waals surface area contributed by atoms with Crippen LogP contribution >= 0.6 is 27.5 Å². The summed E-state index contributed by atoms with van der Waals surface area (Å²) in [5.74, 6) is 0.749. The molecule has 0 fully saturated rings. The van der Waals surface area contributed by atoms with Crippen LogP contribution in [0.2, 0.25) is 5.02 Å². The molecule has 0 aliphatic heterocycles. The van der Waals surface area contributed by atoms with Gasteiger partial charge in [0.2, 0.25) is 0 Å². The first-order chi connectivity index (χ1) is 9.99. The molecular formula is C15H19BrClN3O. The fraction of sp³-hybridized carbons (Fsp3) is 0.400. The van der Waals surface area contributed by atoms with Gasteiger partial charge in [0.25, 0.3) is 0 Å². The Morgan fingerprint density at radius 2 is 2.10 bits per heavy atom. The monoisotopic (exact) mass is 371 g/mol. The average molecular weight is 373 g/mol. The molecule has 4 nitrogen and oxygen atoms in total. The normalized spacial score (nSPS) is 12.7. The summed E-state index contributed by atoms with van der Waals surface area (Å²) in [4.78, 5) is 0. The van der Waals surface area contributed by atoms with Crippen molar-refractivity contribution >= 4 is 27.5 Å². The fourth-order valence-electron chi connectivity index (χ4n) is 2.37. The van der Waals surface area contributed by atoms with Crippen molar-refractivity contribution in [3.63, 3.8) is 0 Å². The summed E-state index contributed by atoms with van der Waals surface area (Å²) in [7, 11) is 3.55. The predicted molar refractivity (Wildman–Crippen MR) is 89.2 cm³/mol. The van der Waals surface area contributed by atoms with Gasteiger partial charge in [-0.05, 0) is 44.7 Å². The number of aromatic nitrogens is 2. The summed E-state index contributed by atoms with van der Waals surface area (Å²) < 4.78 is 8.41. The van der Waals surface area contributed by atoms with E-state index in [4.69, 9.17) is 16.3 Å². The maximum Gasteiger partial charge on any atom is 0.161 e. The van der Waals surface area contributed by atoms with E-state index in [2.05, 4.69) is 40.2 Å². The highest BCUT2D eigenvalue weighted by atomic mass is 79.9. The Morgan fingerprint density at radius 1 is 1.38 bits per heavy atom. The van der Waals surface area contributed by atoms with Gasteiger partial charge >= 0.3 is 0 Å². The van der Waals surface area contributed by atoms with E-state index in [0.717, 1.165) is 21.5 Å². The van der Waals surface area contributed by atoms with Gasteiger partial charge in [0.05, 0.1) is 19.3 Å². The molecule has 1 aromatic heterocycles. The molecule has 1 N–H and O–H groups in total. The summed E-state index contributed by atoms with van der Waals surface area (Å²) in [5, 5.41) is 8.45. The van der Waals surface area contributed by atoms with Gasteiger partial charge in [0.1, 0.15) is 5.69 Å². The van der Waals surface area contributed by atoms with Crippen molar-refractivity contribution in [3.05, 3.63) is 45.1 Å². The first-order valence-corrected chi connectivity index (χ1v) is 7.90. The smallest absolute Gasteiger partial charge is 0.161 e. The lowest BCUT2D eigenvalue weighted by molar-refractivity contribution is 0.396. The Bertz CT molecular complexity index is 627. The van der Waals surface area contributed by atoms with Crippen LogP contribution in [0.15, 0.2) is 28.9 Å². The van der Waals surface area contributed by atoms with Gasteiger partial charge in [0, 0.05) is 15.5 Å². The number of rotatable bonds is 5. The van der Waals surface area contributed by atoms with Crippen LogP contribution in [0.4, 0.5) is 0 Å². The number of nitrogens with one attached hydrogen (secondary N) is 1. The highest BCUT2D eigenvalue weighted by Gasteiger charge is 2.25. The zero-order chi connectivity index (χ0) is 15.6. The van der Waals surface area contributed by atoms with Crippen LogP contribution in [0.5, 0.6) is 5.75 Å². The minimum Gasteiger partial charge on any atom is -0.493 e. The summed E-state index contributed by atoms with van der Waals surface area (Å²) in [6.07, 6.45) is 1.74. The molecule has 2 aromatic rings. The predicted octanol–water partition coefficient (Wildman–Crippen LogP) is 4.20. The third-order valence-corrected chi connectivity index (χ3v) is 4.18. The van der Waals surface area contributed by atoms with Crippen molar-refractivity contribution in [2.24, 2.45) is 0 Å². The Labute approximate surface area is 138 Å². The lowest BCUT2D eigenvalue weighted by Gasteiger charge is -2.22. The van der Waals surface area contributed by atoms with E-state index in [1.54, 1.807) is 13.3 Å². The number of benzene rings is 1. The molecule has 1 unspecified atom stereocenters. The highest BCUT2D eigenvalue weighted by Crippen LogP contribution is 2.35. The zero-order valence-corrected chi connectivity index (χ0v) is 14.9. The number of nitrogens with zero attached hydrogens (tertiary/aromatic N) is 2. The van der Waals surface area contributed by atoms with Crippen molar-refractivity contribution in [1.29, 1.82) is 0 Å². The van der Waals surface area contributed by atoms with Crippen LogP contribution in [-0.4, -0.2) is 23.9 Å². The van der Waals surface area contributed by atoms with E-state index in [1.165, 1.54) is 0 Å². The largest absolute Gasteiger partial charge is 0.493 e. The molecule has 21 heavy (non-hydrogen) atoms. The molecule has 2 rings (SSSR count). The molecule has 0 aliphatic carbocycles. The van der Waals surface area contributed by atoms with Gasteiger partial charge < -0.3 is 10.1 Å². The number of hydrogen-bond acceptors (Lipinski definition) is 3. The lowest BCUT2D eigenvalue weighted by atomic mass is 10.0. The minimum absolute atomic E-state index is 0.102. The summed E-state index contributed by atoms with van der Waals surface area (Å²) in [6, 6.07) is 5.95. The second-order valence-corrected chi connectivity index (χ2v) is 6.35. The molecule has 0 bridgehead atoms. The van der Waals surface area contributed by atoms with E-state index in [0.29, 0.717) is 5.02 Å². The van der Waals surface area contributed by atoms with Crippen LogP contribution in [0.3, 0.4) is 0 Å². The van der Waals surface area contributed by atoms with Crippen LogP contribution < -0.4 is 10.1 Å². The van der Waals surface area contributed by atoms with E-state index in [1.807, 2.05) is 29.9 Å². The van der Waals surface area contributed by atoms with E-state index >= 15 is 0 Å². The molecule has 0 radical (unpaired) electrons. The highest BCUT2D eigenvalue weighted by molar-refractivity contribution is 9.10. The minimum atomic E-state index is -0.102. The Kier molecular flexibility index (Phi) is 5.30. The molecule has 0 saturated heterocycles. The van der Waals surface area contributed by atoms with Gasteiger partial charge in [-0.15, -0.1) is 0 Å². The Hall–Kier alpha value is -1.04. The van der Waals surface area contributed by atoms with E-state index in [-0.39, 0.29) is 12.1 Å². The third-order valence-electron chi connectivity index (χ3n) is 3.34. The zero-order valence-electron chi connectivity index (χ0n) is 12.5. The second-order valence-electron chi connectivity index (χ2n) is 5.02. The van der Waals surface area contributed by atoms with Gasteiger partial charge in [-0.2, -0.15) is 5.10 Å². The van der Waals surface area contributed by atoms with Crippen molar-refractivity contribution in [2.75, 3.05) is 14.2 Å². The van der Waals surface area contributed by atoms with Gasteiger partial charge in [-0.1, -0.05) is 27.5 Å². The molecular weight excluding hydrogens is 354 g/mol. The van der Waals surface area contributed by atoms with Crippen molar-refractivity contribution < 1.29 is 4.74 Å². The molecule has 1 aromatic carbocycles. The standard InChI is InChI=1S/C15H19BrClN3O/c1-9(2)20-15(13(21-4)8-19-20)14(18-3)11-7-10(16)5-6-12(11)17/h5-9,14,18H,1-4H3. The van der Waals surface area contributed by atoms with Gasteiger partial charge in [0.15, 0.2) is 5.75 Å². The van der Waals surface area contributed by atoms with Crippen LogP contribution in [0, 0.1) is 0 Å². The molecule has 114 valence electrons. The molecule has 6 heteroatoms. The van der Waals surface area contributed by atoms with Crippen LogP contribution in [0.1, 0.15) is 37.2 Å². The number of hydrogen-bond donors (Lipinski definition) is 1. The number of ether oxygens (including phenoxy) is 1. The number of halogens is 2. The van der Waals surface area contributed by atoms with Crippen molar-refractivity contribution in [3.8, 4) is 5.75 Å². The first kappa shape index (κ1) is 16.3. The van der Waals surface area contributed by atoms with Gasteiger partial charge in [-0.3, -0.25) is 4.68 Å². The first-order valence-electron chi connectivity index (χ1n) is 6.73. The number of methoxy groups -OCH3 is 1. The fourth-order valence-corrected chi connectivity index (χ4v) is 2.98. The topological polar surface area (TPSA) is 39.1 Å². The Balaban J connectivity index is 2.61. The molecule has 0 saturated carbocycles. The molecule has 0 amide bonds. The second kappa shape index (κ2) is 6.81. The van der Waals surface area contributed by atoms with Crippen molar-refractivity contribution in [2.45, 2.75) is 25.9 Å². The average Bonchev–Trinajstić information content (AvgIpc) is 2.87. The maximum absolute atomic E-state index is 6.38. The summed E-state index contributed by atoms with van der Waals surface area (Å²) >= 11 is 9.88. The summed E-state index contributed by atoms with van der Waals surface area (Å²) in [5.41, 5.74) is 1.95. The summed E-state index contributed by atoms with van der Waals surface area (Å²) in [6.45, 7) is 4.18. The molecule has 0 aliphatic rings. The van der Waals surface area contributed by atoms with E-state index in [9.17, 15) is 0 Å². The van der Waals surface area contributed by atoms with E-state index < -0.39 is 0 Å². The molecule has 1 heterocycles. The Morgan fingerprint density at radius 3 is 2.67 bits per heavy atom. The molecule has 0 spiro atoms. The lowest BCUT2D eigenvalue weighted by Crippen LogP contribution is -2.23.